The highest BCUT2D eigenvalue weighted by Crippen LogP contribution is 2.34. The first-order chi connectivity index (χ1) is 18.7. The third kappa shape index (κ3) is 6.06. The minimum Gasteiger partial charge on any atom is -0.328 e. The van der Waals surface area contributed by atoms with Crippen molar-refractivity contribution in [2.45, 2.75) is 56.0 Å². The number of aromatic nitrogens is 2. The number of anilines is 1. The average Bonchev–Trinajstić information content (AvgIpc) is 2.92. The van der Waals surface area contributed by atoms with Gasteiger partial charge in [0.1, 0.15) is 11.2 Å². The van der Waals surface area contributed by atoms with Crippen molar-refractivity contribution in [2.75, 3.05) is 11.3 Å². The Morgan fingerprint density at radius 2 is 1.87 bits per heavy atom. The van der Waals surface area contributed by atoms with Gasteiger partial charge in [-0.3, -0.25) is 4.72 Å². The molecule has 3 aromatic carbocycles. The minimum absolute atomic E-state index is 0.0613. The number of nitrogens with two attached hydrogens (primary N) is 1. The third-order valence-corrected chi connectivity index (χ3v) is 9.22. The van der Waals surface area contributed by atoms with Crippen molar-refractivity contribution >= 4 is 38.2 Å². The fourth-order valence-electron chi connectivity index (χ4n) is 5.20. The smallest absolute Gasteiger partial charge is 0.263 e. The molecule has 7 nitrogen and oxygen atoms in total. The highest BCUT2D eigenvalue weighted by atomic mass is 35.5. The fourth-order valence-corrected chi connectivity index (χ4v) is 6.78. The molecule has 0 saturated heterocycles. The number of fused-ring (bicyclic) bond motifs is 1. The van der Waals surface area contributed by atoms with E-state index in [0.29, 0.717) is 23.2 Å². The first-order valence-corrected chi connectivity index (χ1v) is 14.9. The van der Waals surface area contributed by atoms with E-state index in [2.05, 4.69) is 20.0 Å². The average molecular weight is 568 g/mol. The Labute approximate surface area is 233 Å². The Morgan fingerprint density at radius 3 is 2.64 bits per heavy atom. The van der Waals surface area contributed by atoms with Gasteiger partial charge in [0, 0.05) is 23.7 Å². The quantitative estimate of drug-likeness (QED) is 0.256. The molecule has 0 aliphatic heterocycles. The lowest BCUT2D eigenvalue weighted by Gasteiger charge is -2.27. The highest BCUT2D eigenvalue weighted by Gasteiger charge is 2.22. The summed E-state index contributed by atoms with van der Waals surface area (Å²) in [5.41, 5.74) is 9.60. The summed E-state index contributed by atoms with van der Waals surface area (Å²) in [6, 6.07) is 13.9. The van der Waals surface area contributed by atoms with Crippen LogP contribution in [0.1, 0.15) is 36.8 Å². The molecular weight excluding hydrogens is 537 g/mol. The Morgan fingerprint density at radius 1 is 1.10 bits per heavy atom. The Balaban J connectivity index is 1.42. The van der Waals surface area contributed by atoms with E-state index in [4.69, 9.17) is 17.3 Å². The van der Waals surface area contributed by atoms with Crippen molar-refractivity contribution in [1.29, 1.82) is 0 Å². The van der Waals surface area contributed by atoms with E-state index in [-0.39, 0.29) is 15.6 Å². The maximum Gasteiger partial charge on any atom is 0.263 e. The number of benzene rings is 3. The Kier molecular flexibility index (Phi) is 8.13. The van der Waals surface area contributed by atoms with E-state index in [9.17, 15) is 8.42 Å². The molecule has 1 fully saturated rings. The molecule has 39 heavy (non-hydrogen) atoms. The van der Waals surface area contributed by atoms with Crippen LogP contribution in [0.15, 0.2) is 66.0 Å². The molecule has 1 aromatic heterocycles. The van der Waals surface area contributed by atoms with Gasteiger partial charge in [-0.05, 0) is 98.2 Å². The van der Waals surface area contributed by atoms with E-state index in [1.807, 2.05) is 12.1 Å². The van der Waals surface area contributed by atoms with E-state index >= 15 is 4.39 Å². The van der Waals surface area contributed by atoms with Gasteiger partial charge in [0.05, 0.1) is 16.2 Å². The van der Waals surface area contributed by atoms with Crippen LogP contribution in [0, 0.1) is 12.7 Å². The van der Waals surface area contributed by atoms with Gasteiger partial charge in [-0.15, -0.1) is 0 Å². The van der Waals surface area contributed by atoms with E-state index in [1.165, 1.54) is 24.5 Å². The van der Waals surface area contributed by atoms with Gasteiger partial charge >= 0.3 is 0 Å². The topological polar surface area (TPSA) is 110 Å². The number of halogens is 2. The van der Waals surface area contributed by atoms with Crippen LogP contribution in [0.25, 0.3) is 22.0 Å². The van der Waals surface area contributed by atoms with Crippen LogP contribution in [-0.2, 0) is 16.4 Å². The van der Waals surface area contributed by atoms with Crippen molar-refractivity contribution in [3.8, 4) is 11.1 Å². The zero-order chi connectivity index (χ0) is 27.6. The molecule has 5 rings (SSSR count). The second kappa shape index (κ2) is 11.6. The number of rotatable bonds is 8. The molecule has 204 valence electrons. The molecule has 1 aliphatic carbocycles. The molecule has 0 radical (unpaired) electrons. The number of hydrogen-bond donors (Lipinski definition) is 3. The third-order valence-electron chi connectivity index (χ3n) is 7.35. The van der Waals surface area contributed by atoms with Gasteiger partial charge in [0.15, 0.2) is 5.82 Å². The van der Waals surface area contributed by atoms with Crippen LogP contribution >= 0.6 is 11.6 Å². The van der Waals surface area contributed by atoms with Crippen LogP contribution in [0.4, 0.5) is 10.1 Å². The van der Waals surface area contributed by atoms with Crippen molar-refractivity contribution in [3.63, 3.8) is 0 Å². The molecule has 0 unspecified atom stereocenters. The predicted molar refractivity (Wildman–Crippen MR) is 154 cm³/mol. The lowest BCUT2D eigenvalue weighted by Crippen LogP contribution is -2.38. The number of nitrogens with zero attached hydrogens (tertiary/aromatic N) is 2. The van der Waals surface area contributed by atoms with Crippen LogP contribution in [-0.4, -0.2) is 37.0 Å². The molecule has 0 amide bonds. The van der Waals surface area contributed by atoms with E-state index in [0.717, 1.165) is 60.7 Å². The summed E-state index contributed by atoms with van der Waals surface area (Å²) in [4.78, 5) is 8.57. The summed E-state index contributed by atoms with van der Waals surface area (Å²) in [5, 5.41) is 4.57. The predicted octanol–water partition coefficient (Wildman–Crippen LogP) is 5.60. The van der Waals surface area contributed by atoms with Crippen molar-refractivity contribution in [3.05, 3.63) is 83.0 Å². The second-order valence-corrected chi connectivity index (χ2v) is 12.1. The number of nitrogens with one attached hydrogen (secondary N) is 2. The monoisotopic (exact) mass is 567 g/mol. The summed E-state index contributed by atoms with van der Waals surface area (Å²) < 4.78 is 43.6. The zero-order valence-corrected chi connectivity index (χ0v) is 23.2. The molecule has 0 bridgehead atoms. The van der Waals surface area contributed by atoms with Gasteiger partial charge in [-0.2, -0.15) is 0 Å². The van der Waals surface area contributed by atoms with Crippen LogP contribution in [0.2, 0.25) is 5.02 Å². The standard InChI is InChI=1S/C29H31ClFN5O2S/c1-18-24(10-11-26(28(18)31)36-39(37,38)27-5-3-2-4-25(27)30)20-14-19(29-21(15-20)16-33-17-35-29)12-13-34-23-8-6-22(32)7-9-23/h2-5,10-11,14-17,22-23,34,36H,6-9,12-13,32H2,1H3. The lowest BCUT2D eigenvalue weighted by molar-refractivity contribution is 0.344. The van der Waals surface area contributed by atoms with Gasteiger partial charge < -0.3 is 11.1 Å². The summed E-state index contributed by atoms with van der Waals surface area (Å²) in [7, 11) is -4.07. The van der Waals surface area contributed by atoms with Crippen LogP contribution in [0.5, 0.6) is 0 Å². The van der Waals surface area contributed by atoms with Gasteiger partial charge in [-0.25, -0.2) is 22.8 Å². The minimum atomic E-state index is -4.07. The van der Waals surface area contributed by atoms with Crippen molar-refractivity contribution in [1.82, 2.24) is 15.3 Å². The van der Waals surface area contributed by atoms with Gasteiger partial charge in [0.2, 0.25) is 0 Å². The molecule has 1 saturated carbocycles. The zero-order valence-electron chi connectivity index (χ0n) is 21.6. The molecule has 1 aliphatic rings. The molecule has 10 heteroatoms. The summed E-state index contributed by atoms with van der Waals surface area (Å²) in [5.74, 6) is -0.647. The van der Waals surface area contributed by atoms with Crippen molar-refractivity contribution < 1.29 is 12.8 Å². The first-order valence-electron chi connectivity index (χ1n) is 13.0. The Bertz CT molecular complexity index is 1610. The maximum absolute atomic E-state index is 15.5. The SMILES string of the molecule is Cc1c(-c2cc(CCNC3CCC(N)CC3)c3ncncc3c2)ccc(NS(=O)(=O)c2ccccc2Cl)c1F. The van der Waals surface area contributed by atoms with E-state index in [1.54, 1.807) is 31.3 Å². The highest BCUT2D eigenvalue weighted by molar-refractivity contribution is 7.92. The van der Waals surface area contributed by atoms with Crippen molar-refractivity contribution in [2.24, 2.45) is 5.73 Å². The summed E-state index contributed by atoms with van der Waals surface area (Å²) in [6.45, 7) is 2.43. The summed E-state index contributed by atoms with van der Waals surface area (Å²) in [6.07, 6.45) is 8.28. The van der Waals surface area contributed by atoms with Gasteiger partial charge in [0.25, 0.3) is 10.0 Å². The van der Waals surface area contributed by atoms with Crippen LogP contribution < -0.4 is 15.8 Å². The molecule has 1 heterocycles. The summed E-state index contributed by atoms with van der Waals surface area (Å²) >= 11 is 6.07. The van der Waals surface area contributed by atoms with E-state index < -0.39 is 15.8 Å². The molecule has 0 atom stereocenters. The maximum atomic E-state index is 15.5. The normalized spacial score (nSPS) is 17.8. The molecule has 4 aromatic rings. The Hall–Kier alpha value is -3.11. The van der Waals surface area contributed by atoms with Crippen LogP contribution in [0.3, 0.4) is 0 Å². The largest absolute Gasteiger partial charge is 0.328 e. The van der Waals surface area contributed by atoms with Gasteiger partial charge in [-0.1, -0.05) is 29.8 Å². The second-order valence-electron chi connectivity index (χ2n) is 10.0. The lowest BCUT2D eigenvalue weighted by atomic mass is 9.91. The fraction of sp³-hybridized carbons (Fsp3) is 0.310. The number of hydrogen-bond acceptors (Lipinski definition) is 6. The molecule has 4 N–H and O–H groups in total. The molecular formula is C29H31ClFN5O2S. The molecule has 0 spiro atoms. The first kappa shape index (κ1) is 27.5. The number of sulfonamides is 1.